The Bertz CT molecular complexity index is 276. The average molecular weight is 312 g/mol. The molecule has 0 aromatic carbocycles. The highest BCUT2D eigenvalue weighted by molar-refractivity contribution is 5.76. The van der Waals surface area contributed by atoms with Gasteiger partial charge in [-0.1, -0.05) is 45.4 Å². The molecule has 1 heterocycles. The maximum atomic E-state index is 12.1. The van der Waals surface area contributed by atoms with E-state index in [2.05, 4.69) is 22.0 Å². The van der Waals surface area contributed by atoms with Gasteiger partial charge in [-0.05, 0) is 33.0 Å². The molecule has 1 aliphatic rings. The summed E-state index contributed by atoms with van der Waals surface area (Å²) >= 11 is 0. The molecule has 22 heavy (non-hydrogen) atoms. The summed E-state index contributed by atoms with van der Waals surface area (Å²) in [4.78, 5) is 16.6. The van der Waals surface area contributed by atoms with Crippen molar-refractivity contribution in [3.63, 3.8) is 0 Å². The fourth-order valence-corrected chi connectivity index (χ4v) is 3.11. The van der Waals surface area contributed by atoms with Crippen LogP contribution in [0, 0.1) is 0 Å². The predicted octanol–water partition coefficient (Wildman–Crippen LogP) is 2.88. The molecule has 0 spiro atoms. The van der Waals surface area contributed by atoms with E-state index in [1.165, 1.54) is 44.9 Å². The van der Waals surface area contributed by atoms with Crippen LogP contribution in [0.3, 0.4) is 0 Å². The molecule has 0 aromatic rings. The van der Waals surface area contributed by atoms with Gasteiger partial charge in [0, 0.05) is 32.6 Å². The third-order valence-electron chi connectivity index (χ3n) is 4.74. The Labute approximate surface area is 137 Å². The zero-order valence-electron chi connectivity index (χ0n) is 14.9. The van der Waals surface area contributed by atoms with E-state index in [-0.39, 0.29) is 0 Å². The first-order valence-electron chi connectivity index (χ1n) is 9.42. The number of unbranched alkanes of at least 4 members (excludes halogenated alkanes) is 7. The summed E-state index contributed by atoms with van der Waals surface area (Å²) in [6, 6.07) is 0. The molecule has 1 saturated heterocycles. The first-order valence-corrected chi connectivity index (χ1v) is 9.42. The number of hydrogen-bond acceptors (Lipinski definition) is 3. The molecule has 0 saturated carbocycles. The first kappa shape index (κ1) is 19.4. The largest absolute Gasteiger partial charge is 0.340 e. The van der Waals surface area contributed by atoms with Crippen molar-refractivity contribution in [1.29, 1.82) is 0 Å². The lowest BCUT2D eigenvalue weighted by Crippen LogP contribution is -2.48. The van der Waals surface area contributed by atoms with E-state index < -0.39 is 0 Å². The molecule has 1 N–H and O–H groups in total. The van der Waals surface area contributed by atoms with Gasteiger partial charge in [-0.15, -0.1) is 0 Å². The Morgan fingerprint density at radius 3 is 1.95 bits per heavy atom. The van der Waals surface area contributed by atoms with Gasteiger partial charge in [0.05, 0.1) is 0 Å². The summed E-state index contributed by atoms with van der Waals surface area (Å²) in [6.45, 7) is 8.41. The Kier molecular flexibility index (Phi) is 11.4. The van der Waals surface area contributed by atoms with E-state index in [0.29, 0.717) is 5.91 Å². The van der Waals surface area contributed by atoms with Crippen molar-refractivity contribution in [1.82, 2.24) is 15.1 Å². The molecule has 1 amide bonds. The van der Waals surface area contributed by atoms with E-state index in [0.717, 1.165) is 52.1 Å². The third-order valence-corrected chi connectivity index (χ3v) is 4.74. The van der Waals surface area contributed by atoms with Crippen LogP contribution in [0.15, 0.2) is 0 Å². The summed E-state index contributed by atoms with van der Waals surface area (Å²) < 4.78 is 0. The van der Waals surface area contributed by atoms with Crippen LogP contribution in [-0.4, -0.2) is 62.0 Å². The monoisotopic (exact) mass is 311 g/mol. The minimum absolute atomic E-state index is 0.378. The molecule has 0 bridgehead atoms. The lowest BCUT2D eigenvalue weighted by atomic mass is 10.1. The molecule has 0 atom stereocenters. The smallest absolute Gasteiger partial charge is 0.222 e. The number of carbonyl (C=O) groups excluding carboxylic acids is 1. The van der Waals surface area contributed by atoms with E-state index in [1.54, 1.807) is 0 Å². The number of nitrogens with one attached hydrogen (secondary N) is 1. The van der Waals surface area contributed by atoms with Crippen molar-refractivity contribution < 1.29 is 4.79 Å². The van der Waals surface area contributed by atoms with Crippen molar-refractivity contribution in [2.45, 2.75) is 64.7 Å². The van der Waals surface area contributed by atoms with Gasteiger partial charge in [0.15, 0.2) is 0 Å². The summed E-state index contributed by atoms with van der Waals surface area (Å²) in [7, 11) is 2.02. The third kappa shape index (κ3) is 8.74. The maximum Gasteiger partial charge on any atom is 0.222 e. The minimum Gasteiger partial charge on any atom is -0.340 e. The van der Waals surface area contributed by atoms with Crippen LogP contribution in [0.1, 0.15) is 64.7 Å². The topological polar surface area (TPSA) is 35.6 Å². The summed E-state index contributed by atoms with van der Waals surface area (Å²) in [5, 5.41) is 3.19. The van der Waals surface area contributed by atoms with Gasteiger partial charge >= 0.3 is 0 Å². The molecule has 1 aliphatic heterocycles. The molecule has 0 radical (unpaired) electrons. The van der Waals surface area contributed by atoms with Crippen molar-refractivity contribution in [3.8, 4) is 0 Å². The normalized spacial score (nSPS) is 16.2. The Balaban J connectivity index is 1.89. The van der Waals surface area contributed by atoms with Crippen LogP contribution in [0.25, 0.3) is 0 Å². The molecular weight excluding hydrogens is 274 g/mol. The second kappa shape index (κ2) is 12.9. The lowest BCUT2D eigenvalue weighted by Gasteiger charge is -2.34. The van der Waals surface area contributed by atoms with Crippen LogP contribution in [0.2, 0.25) is 0 Å². The van der Waals surface area contributed by atoms with Crippen LogP contribution in [0.5, 0.6) is 0 Å². The molecule has 1 fully saturated rings. The first-order chi connectivity index (χ1) is 10.8. The van der Waals surface area contributed by atoms with Gasteiger partial charge in [-0.25, -0.2) is 0 Å². The average Bonchev–Trinajstić information content (AvgIpc) is 2.56. The second-order valence-electron chi connectivity index (χ2n) is 6.50. The predicted molar refractivity (Wildman–Crippen MR) is 94.2 cm³/mol. The maximum absolute atomic E-state index is 12.1. The number of amides is 1. The number of nitrogens with zero attached hydrogens (tertiary/aromatic N) is 2. The zero-order chi connectivity index (χ0) is 16.0. The van der Waals surface area contributed by atoms with Gasteiger partial charge in [0.1, 0.15) is 0 Å². The van der Waals surface area contributed by atoms with Crippen LogP contribution in [0.4, 0.5) is 0 Å². The van der Waals surface area contributed by atoms with Crippen LogP contribution < -0.4 is 5.32 Å². The number of hydrogen-bond donors (Lipinski definition) is 1. The molecular formula is C18H37N3O. The van der Waals surface area contributed by atoms with E-state index in [4.69, 9.17) is 0 Å². The standard InChI is InChI=1S/C18H37N3O/c1-3-20-14-16-21(17-15-20)18(22)12-10-8-6-4-5-7-9-11-13-19-2/h19H,3-17H2,1-2H3. The van der Waals surface area contributed by atoms with Gasteiger partial charge in [0.2, 0.25) is 5.91 Å². The van der Waals surface area contributed by atoms with Crippen molar-refractivity contribution in [2.75, 3.05) is 46.3 Å². The van der Waals surface area contributed by atoms with Crippen LogP contribution in [-0.2, 0) is 4.79 Å². The highest BCUT2D eigenvalue weighted by atomic mass is 16.2. The summed E-state index contributed by atoms with van der Waals surface area (Å²) in [5.74, 6) is 0.378. The Hall–Kier alpha value is -0.610. The van der Waals surface area contributed by atoms with Gasteiger partial charge in [0.25, 0.3) is 0 Å². The van der Waals surface area contributed by atoms with Crippen molar-refractivity contribution in [2.24, 2.45) is 0 Å². The number of piperazine rings is 1. The van der Waals surface area contributed by atoms with Gasteiger partial charge in [-0.2, -0.15) is 0 Å². The fourth-order valence-electron chi connectivity index (χ4n) is 3.11. The fraction of sp³-hybridized carbons (Fsp3) is 0.944. The summed E-state index contributed by atoms with van der Waals surface area (Å²) in [6.07, 6.45) is 11.1. The molecule has 4 heteroatoms. The van der Waals surface area contributed by atoms with Crippen molar-refractivity contribution in [3.05, 3.63) is 0 Å². The van der Waals surface area contributed by atoms with Crippen LogP contribution >= 0.6 is 0 Å². The van der Waals surface area contributed by atoms with E-state index >= 15 is 0 Å². The Morgan fingerprint density at radius 1 is 0.864 bits per heavy atom. The minimum atomic E-state index is 0.378. The van der Waals surface area contributed by atoms with Crippen molar-refractivity contribution >= 4 is 5.91 Å². The van der Waals surface area contributed by atoms with Gasteiger partial charge < -0.3 is 15.1 Å². The second-order valence-corrected chi connectivity index (χ2v) is 6.50. The van der Waals surface area contributed by atoms with E-state index in [1.807, 2.05) is 7.05 Å². The number of carbonyl (C=O) groups is 1. The zero-order valence-corrected chi connectivity index (χ0v) is 14.9. The quantitative estimate of drug-likeness (QED) is 0.563. The molecule has 0 unspecified atom stereocenters. The Morgan fingerprint density at radius 2 is 1.41 bits per heavy atom. The molecule has 130 valence electrons. The molecule has 0 aliphatic carbocycles. The molecule has 0 aromatic heterocycles. The molecule has 4 nitrogen and oxygen atoms in total. The highest BCUT2D eigenvalue weighted by Crippen LogP contribution is 2.11. The number of likely N-dealkylation sites (N-methyl/N-ethyl adjacent to an activating group) is 1. The summed E-state index contributed by atoms with van der Waals surface area (Å²) in [5.41, 5.74) is 0. The van der Waals surface area contributed by atoms with Gasteiger partial charge in [-0.3, -0.25) is 4.79 Å². The lowest BCUT2D eigenvalue weighted by molar-refractivity contribution is -0.133. The van der Waals surface area contributed by atoms with E-state index in [9.17, 15) is 4.79 Å². The highest BCUT2D eigenvalue weighted by Gasteiger charge is 2.19. The molecule has 1 rings (SSSR count). The SMILES string of the molecule is CCN1CCN(C(=O)CCCCCCCCCCNC)CC1. The number of rotatable bonds is 12.